The molecular weight excluding hydrogens is 219 g/mol. The van der Waals surface area contributed by atoms with E-state index < -0.39 is 19.2 Å². The van der Waals surface area contributed by atoms with Crippen molar-refractivity contribution >= 4 is 11.6 Å². The molecule has 0 spiro atoms. The fourth-order valence-electron chi connectivity index (χ4n) is 0.756. The van der Waals surface area contributed by atoms with Gasteiger partial charge in [0.15, 0.2) is 10.9 Å². The lowest BCUT2D eigenvalue weighted by Gasteiger charge is -2.08. The van der Waals surface area contributed by atoms with Crippen LogP contribution in [0.4, 0.5) is 13.2 Å². The molecule has 2 nitrogen and oxygen atoms in total. The summed E-state index contributed by atoms with van der Waals surface area (Å²) in [6, 6.07) is 3.00. The molecule has 6 heteroatoms. The number of rotatable bonds is 3. The van der Waals surface area contributed by atoms with E-state index >= 15 is 0 Å². The highest BCUT2D eigenvalue weighted by atomic mass is 35.5. The molecule has 0 amide bonds. The lowest BCUT2D eigenvalue weighted by Crippen LogP contribution is -2.13. The third-order valence-corrected chi connectivity index (χ3v) is 1.65. The van der Waals surface area contributed by atoms with Crippen LogP contribution < -0.4 is 4.74 Å². The zero-order valence-corrected chi connectivity index (χ0v) is 7.77. The van der Waals surface area contributed by atoms with Crippen LogP contribution in [0.3, 0.4) is 0 Å². The van der Waals surface area contributed by atoms with Gasteiger partial charge in [-0.25, -0.2) is 4.98 Å². The van der Waals surface area contributed by atoms with Crippen LogP contribution in [-0.4, -0.2) is 17.8 Å². The summed E-state index contributed by atoms with van der Waals surface area (Å²) in [5.41, 5.74) is 0. The quantitative estimate of drug-likeness (QED) is 0.738. The largest absolute Gasteiger partial charge is 0.490 e. The fourth-order valence-corrected chi connectivity index (χ4v) is 0.930. The van der Waals surface area contributed by atoms with E-state index in [-0.39, 0.29) is 10.9 Å². The Hall–Kier alpha value is -0.970. The van der Waals surface area contributed by atoms with E-state index in [4.69, 9.17) is 16.3 Å². The molecule has 14 heavy (non-hydrogen) atoms. The normalized spacial score (nSPS) is 11.4. The summed E-state index contributed by atoms with van der Waals surface area (Å²) in [7, 11) is 0. The lowest BCUT2D eigenvalue weighted by molar-refractivity contribution is -0.139. The molecule has 78 valence electrons. The molecule has 0 fully saturated rings. The van der Waals surface area contributed by atoms with E-state index in [9.17, 15) is 13.2 Å². The van der Waals surface area contributed by atoms with E-state index in [1.54, 1.807) is 0 Å². The van der Waals surface area contributed by atoms with E-state index in [0.717, 1.165) is 0 Å². The van der Waals surface area contributed by atoms with Crippen LogP contribution in [0.15, 0.2) is 18.3 Å². The minimum Gasteiger partial charge on any atom is -0.490 e. The number of pyridine rings is 1. The first-order valence-corrected chi connectivity index (χ1v) is 4.17. The second-order valence-corrected chi connectivity index (χ2v) is 2.86. The van der Waals surface area contributed by atoms with Crippen LogP contribution in [0.25, 0.3) is 0 Å². The van der Waals surface area contributed by atoms with Crippen LogP contribution in [0.2, 0.25) is 5.15 Å². The smallest absolute Gasteiger partial charge is 0.392 e. The topological polar surface area (TPSA) is 22.1 Å². The monoisotopic (exact) mass is 225 g/mol. The van der Waals surface area contributed by atoms with Crippen molar-refractivity contribution in [1.29, 1.82) is 0 Å². The zero-order valence-electron chi connectivity index (χ0n) is 7.01. The molecule has 0 atom stereocenters. The van der Waals surface area contributed by atoms with Gasteiger partial charge in [-0.15, -0.1) is 0 Å². The summed E-state index contributed by atoms with van der Waals surface area (Å²) >= 11 is 5.56. The highest BCUT2D eigenvalue weighted by Crippen LogP contribution is 2.23. The van der Waals surface area contributed by atoms with Gasteiger partial charge in [0.1, 0.15) is 0 Å². The second kappa shape index (κ2) is 4.50. The highest BCUT2D eigenvalue weighted by molar-refractivity contribution is 6.30. The van der Waals surface area contributed by atoms with E-state index in [0.29, 0.717) is 0 Å². The molecule has 0 saturated heterocycles. The molecule has 0 aliphatic heterocycles. The Balaban J connectivity index is 2.43. The van der Waals surface area contributed by atoms with Crippen molar-refractivity contribution in [3.05, 3.63) is 23.5 Å². The standard InChI is InChI=1S/C8H7ClF3NO/c9-7-6(2-1-4-13-7)14-5-3-8(10,11)12/h1-2,4H,3,5H2. The Morgan fingerprint density at radius 2 is 2.14 bits per heavy atom. The van der Waals surface area contributed by atoms with E-state index in [1.807, 2.05) is 0 Å². The van der Waals surface area contributed by atoms with Crippen LogP contribution in [0.1, 0.15) is 6.42 Å². The van der Waals surface area contributed by atoms with Gasteiger partial charge in [-0.3, -0.25) is 0 Å². The molecular formula is C8H7ClF3NO. The predicted molar refractivity (Wildman–Crippen MR) is 45.4 cm³/mol. The first-order chi connectivity index (χ1) is 6.49. The molecule has 1 aromatic rings. The minimum absolute atomic E-state index is 0.0645. The van der Waals surface area contributed by atoms with Gasteiger partial charge < -0.3 is 4.74 Å². The molecule has 0 radical (unpaired) electrons. The lowest BCUT2D eigenvalue weighted by atomic mass is 10.4. The maximum Gasteiger partial charge on any atom is 0.392 e. The van der Waals surface area contributed by atoms with Crippen molar-refractivity contribution in [2.45, 2.75) is 12.6 Å². The predicted octanol–water partition coefficient (Wildman–Crippen LogP) is 3.07. The van der Waals surface area contributed by atoms with Gasteiger partial charge in [0, 0.05) is 6.20 Å². The fraction of sp³-hybridized carbons (Fsp3) is 0.375. The molecule has 1 rings (SSSR count). The second-order valence-electron chi connectivity index (χ2n) is 2.51. The average Bonchev–Trinajstić information content (AvgIpc) is 2.06. The first-order valence-electron chi connectivity index (χ1n) is 3.79. The zero-order chi connectivity index (χ0) is 10.6. The van der Waals surface area contributed by atoms with Gasteiger partial charge in [0.2, 0.25) is 0 Å². The number of aromatic nitrogens is 1. The average molecular weight is 226 g/mol. The van der Waals surface area contributed by atoms with Crippen LogP contribution in [-0.2, 0) is 0 Å². The van der Waals surface area contributed by atoms with E-state index in [2.05, 4.69) is 4.98 Å². The van der Waals surface area contributed by atoms with Crippen LogP contribution in [0, 0.1) is 0 Å². The summed E-state index contributed by atoms with van der Waals surface area (Å²) in [4.78, 5) is 3.65. The Kier molecular flexibility index (Phi) is 3.57. The SMILES string of the molecule is FC(F)(F)CCOc1cccnc1Cl. The van der Waals surface area contributed by atoms with Gasteiger partial charge >= 0.3 is 6.18 Å². The maximum atomic E-state index is 11.7. The molecule has 1 aromatic heterocycles. The number of halogens is 4. The Morgan fingerprint density at radius 1 is 1.43 bits per heavy atom. The summed E-state index contributed by atoms with van der Waals surface area (Å²) in [5.74, 6) is 0.165. The van der Waals surface area contributed by atoms with Gasteiger partial charge in [-0.2, -0.15) is 13.2 Å². The van der Waals surface area contributed by atoms with Crippen molar-refractivity contribution in [1.82, 2.24) is 4.98 Å². The summed E-state index contributed by atoms with van der Waals surface area (Å²) in [6.45, 7) is -0.449. The van der Waals surface area contributed by atoms with Crippen molar-refractivity contribution in [3.63, 3.8) is 0 Å². The van der Waals surface area contributed by atoms with Crippen molar-refractivity contribution in [3.8, 4) is 5.75 Å². The maximum absolute atomic E-state index is 11.7. The molecule has 0 bridgehead atoms. The van der Waals surface area contributed by atoms with Crippen molar-refractivity contribution in [2.24, 2.45) is 0 Å². The Morgan fingerprint density at radius 3 is 2.71 bits per heavy atom. The third-order valence-electron chi connectivity index (χ3n) is 1.37. The summed E-state index contributed by atoms with van der Waals surface area (Å²) in [6.07, 6.45) is -3.79. The Labute approximate surface area is 83.7 Å². The molecule has 0 unspecified atom stereocenters. The van der Waals surface area contributed by atoms with Gasteiger partial charge in [0.05, 0.1) is 13.0 Å². The molecule has 0 aliphatic rings. The van der Waals surface area contributed by atoms with Crippen LogP contribution >= 0.6 is 11.6 Å². The highest BCUT2D eigenvalue weighted by Gasteiger charge is 2.26. The van der Waals surface area contributed by atoms with Crippen molar-refractivity contribution < 1.29 is 17.9 Å². The van der Waals surface area contributed by atoms with Gasteiger partial charge in [0.25, 0.3) is 0 Å². The number of hydrogen-bond donors (Lipinski definition) is 0. The molecule has 0 N–H and O–H groups in total. The number of alkyl halides is 3. The molecule has 0 aliphatic carbocycles. The van der Waals surface area contributed by atoms with Crippen LogP contribution in [0.5, 0.6) is 5.75 Å². The van der Waals surface area contributed by atoms with Gasteiger partial charge in [-0.05, 0) is 12.1 Å². The summed E-state index contributed by atoms with van der Waals surface area (Å²) < 4.78 is 40.0. The number of nitrogens with zero attached hydrogens (tertiary/aromatic N) is 1. The molecule has 0 aromatic carbocycles. The molecule has 0 saturated carbocycles. The summed E-state index contributed by atoms with van der Waals surface area (Å²) in [5, 5.41) is 0.0645. The van der Waals surface area contributed by atoms with Gasteiger partial charge in [-0.1, -0.05) is 11.6 Å². The number of ether oxygens (including phenoxy) is 1. The minimum atomic E-state index is -4.21. The number of hydrogen-bond acceptors (Lipinski definition) is 2. The van der Waals surface area contributed by atoms with Crippen molar-refractivity contribution in [2.75, 3.05) is 6.61 Å². The molecule has 1 heterocycles. The third kappa shape index (κ3) is 3.83. The van der Waals surface area contributed by atoms with E-state index in [1.165, 1.54) is 18.3 Å². The first kappa shape index (κ1) is 11.1. The Bertz CT molecular complexity index is 303.